The van der Waals surface area contributed by atoms with Gasteiger partial charge in [0.2, 0.25) is 0 Å². The van der Waals surface area contributed by atoms with Crippen molar-refractivity contribution in [2.45, 2.75) is 0 Å². The number of fused-ring (bicyclic) bond motifs is 1. The van der Waals surface area contributed by atoms with Crippen molar-refractivity contribution in [3.8, 4) is 5.75 Å². The molecule has 4 rings (SSSR count). The fraction of sp³-hybridized carbons (Fsp3) is 0.115. The SMILES string of the molecule is COc1ccc(C(=O)Nc2ccccc2)cc1N(c1cccc2c(N(C)C)cccc12)S(=O)[O-]. The number of ether oxygens (including phenoxy) is 1. The van der Waals surface area contributed by atoms with Crippen LogP contribution in [0.5, 0.6) is 5.75 Å². The average molecular weight is 475 g/mol. The first kappa shape index (κ1) is 23.3. The topological polar surface area (TPSA) is 84.9 Å². The smallest absolute Gasteiger partial charge is 0.255 e. The van der Waals surface area contributed by atoms with Gasteiger partial charge in [0.25, 0.3) is 5.91 Å². The molecule has 1 unspecified atom stereocenters. The van der Waals surface area contributed by atoms with Crippen LogP contribution in [0.15, 0.2) is 84.9 Å². The van der Waals surface area contributed by atoms with Gasteiger partial charge in [-0.1, -0.05) is 42.5 Å². The van der Waals surface area contributed by atoms with Gasteiger partial charge in [-0.05, 0) is 42.5 Å². The van der Waals surface area contributed by atoms with Gasteiger partial charge < -0.3 is 19.5 Å². The van der Waals surface area contributed by atoms with E-state index in [1.807, 2.05) is 67.5 Å². The molecule has 7 nitrogen and oxygen atoms in total. The number of hydrogen-bond donors (Lipinski definition) is 1. The summed E-state index contributed by atoms with van der Waals surface area (Å²) in [5, 5.41) is 4.47. The van der Waals surface area contributed by atoms with E-state index in [1.165, 1.54) is 13.2 Å². The summed E-state index contributed by atoms with van der Waals surface area (Å²) in [4.78, 5) is 14.9. The Morgan fingerprint density at radius 1 is 0.853 bits per heavy atom. The summed E-state index contributed by atoms with van der Waals surface area (Å²) in [5.74, 6) is -0.0409. The predicted molar refractivity (Wildman–Crippen MR) is 137 cm³/mol. The van der Waals surface area contributed by atoms with Crippen molar-refractivity contribution >= 4 is 50.7 Å². The standard InChI is InChI=1S/C26H25N3O4S/c1-28(2)22-13-7-12-21-20(22)11-8-14-23(21)29(34(31)32)24-17-18(15-16-25(24)33-3)26(30)27-19-9-5-4-6-10-19/h4-17H,1-3H3,(H,27,30)(H,31,32)/p-1. The van der Waals surface area contributed by atoms with E-state index in [4.69, 9.17) is 4.74 Å². The number of rotatable bonds is 7. The van der Waals surface area contributed by atoms with E-state index in [-0.39, 0.29) is 11.6 Å². The zero-order valence-corrected chi connectivity index (χ0v) is 19.8. The number of anilines is 4. The van der Waals surface area contributed by atoms with Crippen LogP contribution in [0.25, 0.3) is 10.8 Å². The summed E-state index contributed by atoms with van der Waals surface area (Å²) < 4.78 is 31.7. The highest BCUT2D eigenvalue weighted by Crippen LogP contribution is 2.40. The molecule has 0 aliphatic rings. The van der Waals surface area contributed by atoms with E-state index in [0.29, 0.717) is 22.7 Å². The van der Waals surface area contributed by atoms with Crippen LogP contribution in [-0.2, 0) is 11.3 Å². The maximum atomic E-state index is 12.9. The van der Waals surface area contributed by atoms with E-state index in [1.54, 1.807) is 30.3 Å². The third-order valence-corrected chi connectivity index (χ3v) is 6.11. The fourth-order valence-electron chi connectivity index (χ4n) is 3.85. The molecule has 0 spiro atoms. The van der Waals surface area contributed by atoms with Crippen LogP contribution in [-0.4, -0.2) is 35.9 Å². The van der Waals surface area contributed by atoms with Gasteiger partial charge in [-0.25, -0.2) is 0 Å². The molecule has 8 heteroatoms. The van der Waals surface area contributed by atoms with Crippen molar-refractivity contribution < 1.29 is 18.3 Å². The quantitative estimate of drug-likeness (QED) is 0.377. The van der Waals surface area contributed by atoms with Crippen molar-refractivity contribution in [1.29, 1.82) is 0 Å². The molecular weight excluding hydrogens is 450 g/mol. The summed E-state index contributed by atoms with van der Waals surface area (Å²) in [6, 6.07) is 25.0. The van der Waals surface area contributed by atoms with Gasteiger partial charge in [0, 0.05) is 41.8 Å². The largest absolute Gasteiger partial charge is 0.755 e. The molecule has 0 bridgehead atoms. The first-order chi connectivity index (χ1) is 16.4. The maximum Gasteiger partial charge on any atom is 0.255 e. The molecule has 0 aliphatic carbocycles. The first-order valence-electron chi connectivity index (χ1n) is 10.5. The highest BCUT2D eigenvalue weighted by Gasteiger charge is 2.21. The lowest BCUT2D eigenvalue weighted by Crippen LogP contribution is -2.21. The molecule has 4 aromatic carbocycles. The molecule has 34 heavy (non-hydrogen) atoms. The van der Waals surface area contributed by atoms with Gasteiger partial charge in [0.1, 0.15) is 5.75 Å². The van der Waals surface area contributed by atoms with Crippen molar-refractivity contribution in [1.82, 2.24) is 0 Å². The highest BCUT2D eigenvalue weighted by atomic mass is 32.2. The summed E-state index contributed by atoms with van der Waals surface area (Å²) in [5.41, 5.74) is 2.58. The predicted octanol–water partition coefficient (Wildman–Crippen LogP) is 5.10. The van der Waals surface area contributed by atoms with E-state index in [2.05, 4.69) is 5.32 Å². The Morgan fingerprint density at radius 3 is 2.12 bits per heavy atom. The molecule has 0 saturated carbocycles. The van der Waals surface area contributed by atoms with Crippen LogP contribution in [0.4, 0.5) is 22.7 Å². The first-order valence-corrected chi connectivity index (χ1v) is 11.6. The van der Waals surface area contributed by atoms with Crippen LogP contribution in [0.1, 0.15) is 10.4 Å². The minimum Gasteiger partial charge on any atom is -0.755 e. The molecule has 0 radical (unpaired) electrons. The van der Waals surface area contributed by atoms with E-state index < -0.39 is 11.3 Å². The third kappa shape index (κ3) is 4.59. The summed E-state index contributed by atoms with van der Waals surface area (Å²) in [7, 11) is 5.33. The highest BCUT2D eigenvalue weighted by molar-refractivity contribution is 7.81. The Kier molecular flexibility index (Phi) is 6.81. The lowest BCUT2D eigenvalue weighted by Gasteiger charge is -2.30. The summed E-state index contributed by atoms with van der Waals surface area (Å²) in [6.45, 7) is 0. The summed E-state index contributed by atoms with van der Waals surface area (Å²) >= 11 is -2.69. The van der Waals surface area contributed by atoms with Gasteiger partial charge in [-0.15, -0.1) is 0 Å². The maximum absolute atomic E-state index is 12.9. The van der Waals surface area contributed by atoms with Gasteiger partial charge in [0.05, 0.1) is 29.8 Å². The Balaban J connectivity index is 1.84. The molecule has 1 N–H and O–H groups in total. The second kappa shape index (κ2) is 9.94. The minimum atomic E-state index is -2.69. The van der Waals surface area contributed by atoms with Crippen LogP contribution in [0, 0.1) is 0 Å². The molecule has 4 aromatic rings. The molecule has 0 fully saturated rings. The Morgan fingerprint density at radius 2 is 1.50 bits per heavy atom. The van der Waals surface area contributed by atoms with E-state index >= 15 is 0 Å². The second-order valence-corrected chi connectivity index (χ2v) is 8.56. The number of methoxy groups -OCH3 is 1. The van der Waals surface area contributed by atoms with Gasteiger partial charge in [-0.2, -0.15) is 0 Å². The van der Waals surface area contributed by atoms with Crippen molar-refractivity contribution in [3.63, 3.8) is 0 Å². The molecule has 0 heterocycles. The van der Waals surface area contributed by atoms with Crippen molar-refractivity contribution in [2.24, 2.45) is 0 Å². The second-order valence-electron chi connectivity index (χ2n) is 7.76. The minimum absolute atomic E-state index is 0.235. The molecule has 0 aromatic heterocycles. The van der Waals surface area contributed by atoms with Crippen LogP contribution in [0.3, 0.4) is 0 Å². The van der Waals surface area contributed by atoms with Crippen LogP contribution >= 0.6 is 0 Å². The van der Waals surface area contributed by atoms with E-state index in [0.717, 1.165) is 20.8 Å². The molecule has 1 amide bonds. The van der Waals surface area contributed by atoms with E-state index in [9.17, 15) is 13.6 Å². The molecule has 174 valence electrons. The van der Waals surface area contributed by atoms with Gasteiger partial charge >= 0.3 is 0 Å². The average Bonchev–Trinajstić information content (AvgIpc) is 2.84. The third-order valence-electron chi connectivity index (χ3n) is 5.42. The lowest BCUT2D eigenvalue weighted by atomic mass is 10.1. The van der Waals surface area contributed by atoms with Crippen molar-refractivity contribution in [3.05, 3.63) is 90.5 Å². The Hall–Kier alpha value is -3.88. The molecule has 0 saturated heterocycles. The molecular formula is C26H24N3O4S-. The fourth-order valence-corrected chi connectivity index (χ4v) is 4.47. The zero-order chi connectivity index (χ0) is 24.2. The number of amides is 1. The molecule has 0 aliphatic heterocycles. The Bertz CT molecular complexity index is 1360. The lowest BCUT2D eigenvalue weighted by molar-refractivity contribution is 0.102. The number of carbonyl (C=O) groups excluding carboxylic acids is 1. The number of nitrogens with one attached hydrogen (secondary N) is 1. The van der Waals surface area contributed by atoms with Crippen molar-refractivity contribution in [2.75, 3.05) is 35.7 Å². The molecule has 1 atom stereocenters. The van der Waals surface area contributed by atoms with Gasteiger partial charge in [-0.3, -0.25) is 13.3 Å². The normalized spacial score (nSPS) is 11.6. The summed E-state index contributed by atoms with van der Waals surface area (Å²) in [6.07, 6.45) is 0. The number of carbonyl (C=O) groups is 1. The number of hydrogen-bond acceptors (Lipinski definition) is 5. The number of nitrogens with zero attached hydrogens (tertiary/aromatic N) is 2. The van der Waals surface area contributed by atoms with Crippen LogP contribution in [0.2, 0.25) is 0 Å². The van der Waals surface area contributed by atoms with Crippen LogP contribution < -0.4 is 19.3 Å². The zero-order valence-electron chi connectivity index (χ0n) is 19.0. The Labute approximate surface area is 201 Å². The monoisotopic (exact) mass is 474 g/mol. The van der Waals surface area contributed by atoms with Gasteiger partial charge in [0.15, 0.2) is 0 Å². The number of para-hydroxylation sites is 1. The number of benzene rings is 4.